The number of carbonyl (C=O) groups is 3. The third-order valence-corrected chi connectivity index (χ3v) is 6.12. The second-order valence-electron chi connectivity index (χ2n) is 7.10. The van der Waals surface area contributed by atoms with Gasteiger partial charge in [0, 0.05) is 19.6 Å². The van der Waals surface area contributed by atoms with Crippen LogP contribution in [0.1, 0.15) is 36.7 Å². The molecule has 4 N–H and O–H groups in total. The van der Waals surface area contributed by atoms with Crippen LogP contribution in [-0.2, 0) is 19.6 Å². The number of carbonyl (C=O) groups excluding carboxylic acids is 3. The molecule has 7 nitrogen and oxygen atoms in total. The van der Waals surface area contributed by atoms with Crippen molar-refractivity contribution in [3.63, 3.8) is 0 Å². The smallest absolute Gasteiger partial charge is 0.312 e. The van der Waals surface area contributed by atoms with Gasteiger partial charge in [-0.3, -0.25) is 9.59 Å². The number of fused-ring (bicyclic) bond motifs is 1. The van der Waals surface area contributed by atoms with Gasteiger partial charge in [0.1, 0.15) is 0 Å². The molecular weight excluding hydrogens is 436 g/mol. The van der Waals surface area contributed by atoms with Crippen LogP contribution in [0.15, 0.2) is 54.6 Å². The number of urea groups is 1. The van der Waals surface area contributed by atoms with Gasteiger partial charge in [0.25, 0.3) is 11.8 Å². The van der Waals surface area contributed by atoms with E-state index in [-0.39, 0.29) is 11.8 Å². The number of rotatable bonds is 6. The predicted octanol–water partition coefficient (Wildman–Crippen LogP) is 3.98. The number of nitrogens with two attached hydrogens (primary N) is 1. The minimum Gasteiger partial charge on any atom is -0.352 e. The quantitative estimate of drug-likeness (QED) is 0.524. The fourth-order valence-corrected chi connectivity index (χ4v) is 4.46. The van der Waals surface area contributed by atoms with E-state index in [2.05, 4.69) is 10.6 Å². The Hall–Kier alpha value is -3.36. The molecule has 0 unspecified atom stereocenters. The summed E-state index contributed by atoms with van der Waals surface area (Å²) in [6, 6.07) is 15.8. The molecule has 0 atom stereocenters. The topological polar surface area (TPSA) is 105 Å². The monoisotopic (exact) mass is 454 g/mol. The summed E-state index contributed by atoms with van der Waals surface area (Å²) < 4.78 is 0.527. The second kappa shape index (κ2) is 8.79. The summed E-state index contributed by atoms with van der Waals surface area (Å²) in [5.41, 5.74) is 8.80. The average Bonchev–Trinajstić information content (AvgIpc) is 3.31. The summed E-state index contributed by atoms with van der Waals surface area (Å²) >= 11 is 7.10. The zero-order chi connectivity index (χ0) is 22.0. The Morgan fingerprint density at radius 1 is 1.10 bits per heavy atom. The van der Waals surface area contributed by atoms with E-state index < -0.39 is 6.03 Å². The maximum atomic E-state index is 13.1. The molecule has 2 aromatic carbocycles. The highest BCUT2D eigenvalue weighted by molar-refractivity contribution is 7.18. The normalized spacial score (nSPS) is 12.5. The Morgan fingerprint density at radius 2 is 1.87 bits per heavy atom. The first kappa shape index (κ1) is 20.9. The fraction of sp³-hybridized carbons (Fsp3) is 0.136. The zero-order valence-electron chi connectivity index (χ0n) is 16.4. The highest BCUT2D eigenvalue weighted by Crippen LogP contribution is 2.31. The summed E-state index contributed by atoms with van der Waals surface area (Å²) in [7, 11) is 0. The van der Waals surface area contributed by atoms with Crippen LogP contribution in [-0.4, -0.2) is 22.7 Å². The van der Waals surface area contributed by atoms with Gasteiger partial charge in [0.2, 0.25) is 0 Å². The molecule has 0 bridgehead atoms. The van der Waals surface area contributed by atoms with Gasteiger partial charge in [-0.15, -0.1) is 11.3 Å². The lowest BCUT2D eigenvalue weighted by atomic mass is 10.1. The Labute approximate surface area is 187 Å². The van der Waals surface area contributed by atoms with E-state index in [4.69, 9.17) is 17.3 Å². The summed E-state index contributed by atoms with van der Waals surface area (Å²) in [5, 5.41) is 5.39. The van der Waals surface area contributed by atoms with E-state index in [0.29, 0.717) is 40.1 Å². The number of halogens is 1. The molecular formula is C22H19ClN4O3S. The van der Waals surface area contributed by atoms with Gasteiger partial charge < -0.3 is 21.3 Å². The first-order valence-corrected chi connectivity index (χ1v) is 10.7. The van der Waals surface area contributed by atoms with E-state index in [1.165, 1.54) is 11.3 Å². The van der Waals surface area contributed by atoms with Gasteiger partial charge in [0.15, 0.2) is 0 Å². The van der Waals surface area contributed by atoms with Crippen LogP contribution >= 0.6 is 22.9 Å². The van der Waals surface area contributed by atoms with Crippen molar-refractivity contribution in [2.24, 2.45) is 5.73 Å². The minimum atomic E-state index is -0.588. The lowest BCUT2D eigenvalue weighted by Gasteiger charge is -2.16. The average molecular weight is 455 g/mol. The molecule has 1 aliphatic heterocycles. The molecule has 0 saturated heterocycles. The van der Waals surface area contributed by atoms with Gasteiger partial charge >= 0.3 is 6.03 Å². The second-order valence-corrected chi connectivity index (χ2v) is 8.81. The number of anilines is 1. The third kappa shape index (κ3) is 4.70. The number of thiophene rings is 1. The number of amides is 4. The maximum Gasteiger partial charge on any atom is 0.312 e. The summed E-state index contributed by atoms with van der Waals surface area (Å²) in [4.78, 5) is 38.8. The van der Waals surface area contributed by atoms with Crippen molar-refractivity contribution in [2.75, 3.05) is 5.32 Å². The summed E-state index contributed by atoms with van der Waals surface area (Å²) in [6.45, 7) is 1.18. The van der Waals surface area contributed by atoms with Gasteiger partial charge in [-0.05, 0) is 34.9 Å². The van der Waals surface area contributed by atoms with Crippen molar-refractivity contribution in [3.8, 4) is 0 Å². The molecule has 2 heterocycles. The van der Waals surface area contributed by atoms with Crippen LogP contribution in [0.3, 0.4) is 0 Å². The number of primary amides is 1. The summed E-state index contributed by atoms with van der Waals surface area (Å²) in [6.07, 6.45) is 0. The molecule has 9 heteroatoms. The van der Waals surface area contributed by atoms with Crippen molar-refractivity contribution in [1.82, 2.24) is 10.2 Å². The van der Waals surface area contributed by atoms with E-state index in [1.54, 1.807) is 23.1 Å². The lowest BCUT2D eigenvalue weighted by molar-refractivity contribution is 0.0767. The van der Waals surface area contributed by atoms with Gasteiger partial charge in [-0.1, -0.05) is 48.0 Å². The van der Waals surface area contributed by atoms with Crippen LogP contribution in [0.4, 0.5) is 10.5 Å². The van der Waals surface area contributed by atoms with Crippen LogP contribution in [0, 0.1) is 0 Å². The molecule has 4 amide bonds. The van der Waals surface area contributed by atoms with Crippen LogP contribution in [0.25, 0.3) is 0 Å². The third-order valence-electron chi connectivity index (χ3n) is 4.89. The van der Waals surface area contributed by atoms with Gasteiger partial charge in [0.05, 0.1) is 20.5 Å². The first-order chi connectivity index (χ1) is 14.9. The van der Waals surface area contributed by atoms with E-state index in [9.17, 15) is 14.4 Å². The van der Waals surface area contributed by atoms with Gasteiger partial charge in [-0.2, -0.15) is 0 Å². The van der Waals surface area contributed by atoms with Crippen molar-refractivity contribution in [2.45, 2.75) is 19.6 Å². The molecule has 0 aliphatic carbocycles. The van der Waals surface area contributed by atoms with Crippen molar-refractivity contribution < 1.29 is 14.4 Å². The van der Waals surface area contributed by atoms with Crippen LogP contribution < -0.4 is 16.4 Å². The number of nitrogens with one attached hydrogen (secondary N) is 2. The minimum absolute atomic E-state index is 0.143. The van der Waals surface area contributed by atoms with Crippen LogP contribution in [0.5, 0.6) is 0 Å². The van der Waals surface area contributed by atoms with E-state index in [1.807, 2.05) is 36.4 Å². The standard InChI is InChI=1S/C22H19ClN4O3S/c23-18-8-7-17(31-18)20(28)26-16-6-2-5-15-12-27(21(29)19(15)16)11-14-4-1-3-13(9-14)10-25-22(24)30/h1-9H,10-12H2,(H,26,28)(H3,24,25,30). The molecule has 0 saturated carbocycles. The Kier molecular flexibility index (Phi) is 5.92. The molecule has 4 rings (SSSR count). The molecule has 3 aromatic rings. The number of benzene rings is 2. The van der Waals surface area contributed by atoms with Crippen molar-refractivity contribution in [1.29, 1.82) is 0 Å². The zero-order valence-corrected chi connectivity index (χ0v) is 17.9. The fourth-order valence-electron chi connectivity index (χ4n) is 3.52. The molecule has 31 heavy (non-hydrogen) atoms. The molecule has 0 fully saturated rings. The highest BCUT2D eigenvalue weighted by atomic mass is 35.5. The van der Waals surface area contributed by atoms with Crippen LogP contribution in [0.2, 0.25) is 4.34 Å². The van der Waals surface area contributed by atoms with Crippen molar-refractivity contribution >= 4 is 46.5 Å². The number of hydrogen-bond acceptors (Lipinski definition) is 4. The van der Waals surface area contributed by atoms with E-state index >= 15 is 0 Å². The van der Waals surface area contributed by atoms with E-state index in [0.717, 1.165) is 16.7 Å². The first-order valence-electron chi connectivity index (χ1n) is 9.49. The Bertz CT molecular complexity index is 1180. The Morgan fingerprint density at radius 3 is 2.61 bits per heavy atom. The predicted molar refractivity (Wildman–Crippen MR) is 120 cm³/mol. The molecule has 0 spiro atoms. The maximum absolute atomic E-state index is 13.1. The molecule has 1 aromatic heterocycles. The van der Waals surface area contributed by atoms with Gasteiger partial charge in [-0.25, -0.2) is 4.79 Å². The number of nitrogens with zero attached hydrogens (tertiary/aromatic N) is 1. The highest BCUT2D eigenvalue weighted by Gasteiger charge is 2.30. The molecule has 1 aliphatic rings. The lowest BCUT2D eigenvalue weighted by Crippen LogP contribution is -2.28. The number of hydrogen-bond donors (Lipinski definition) is 3. The van der Waals surface area contributed by atoms with Crippen molar-refractivity contribution in [3.05, 3.63) is 86.1 Å². The Balaban J connectivity index is 1.50. The molecule has 158 valence electrons. The molecule has 0 radical (unpaired) electrons. The largest absolute Gasteiger partial charge is 0.352 e. The summed E-state index contributed by atoms with van der Waals surface area (Å²) in [5.74, 6) is -0.443. The SMILES string of the molecule is NC(=O)NCc1cccc(CN2Cc3cccc(NC(=O)c4ccc(Cl)s4)c3C2=O)c1.